The van der Waals surface area contributed by atoms with Gasteiger partial charge in [-0.1, -0.05) is 91.0 Å². The molecule has 0 spiro atoms. The Morgan fingerprint density at radius 3 is 1.70 bits per heavy atom. The number of hydrogen-bond donors (Lipinski definition) is 1. The zero-order valence-corrected chi connectivity index (χ0v) is 16.6. The monoisotopic (exact) mass is 393 g/mol. The van der Waals surface area contributed by atoms with Crippen molar-refractivity contribution in [2.24, 2.45) is 0 Å². The molecule has 0 aliphatic carbocycles. The molecule has 0 aliphatic heterocycles. The van der Waals surface area contributed by atoms with Crippen molar-refractivity contribution in [2.75, 3.05) is 0 Å². The molecule has 4 rings (SSSR count). The topological polar surface area (TPSA) is 38.3 Å². The predicted octanol–water partition coefficient (Wildman–Crippen LogP) is 5.79. The van der Waals surface area contributed by atoms with Crippen molar-refractivity contribution in [1.29, 1.82) is 0 Å². The molecule has 0 bridgehead atoms. The molecule has 0 unspecified atom stereocenters. The first-order valence-corrected chi connectivity index (χ1v) is 9.97. The Hall–Kier alpha value is -3.85. The van der Waals surface area contributed by atoms with E-state index in [0.717, 1.165) is 22.4 Å². The van der Waals surface area contributed by atoms with Crippen LogP contribution in [0.2, 0.25) is 0 Å². The lowest BCUT2D eigenvalue weighted by Crippen LogP contribution is -2.29. The summed E-state index contributed by atoms with van der Waals surface area (Å²) in [5.41, 5.74) is 3.78. The van der Waals surface area contributed by atoms with Gasteiger partial charge in [0.25, 0.3) is 5.91 Å². The first-order chi connectivity index (χ1) is 14.8. The zero-order chi connectivity index (χ0) is 20.6. The Morgan fingerprint density at radius 2 is 1.17 bits per heavy atom. The molecule has 1 amide bonds. The number of carbonyl (C=O) groups excluding carboxylic acids is 1. The quantitative estimate of drug-likeness (QED) is 0.432. The van der Waals surface area contributed by atoms with E-state index >= 15 is 0 Å². The van der Waals surface area contributed by atoms with Crippen LogP contribution in [0.5, 0.6) is 5.75 Å². The van der Waals surface area contributed by atoms with Crippen molar-refractivity contribution >= 4 is 5.91 Å². The van der Waals surface area contributed by atoms with Crippen LogP contribution < -0.4 is 10.1 Å². The lowest BCUT2D eigenvalue weighted by atomic mass is 9.98. The van der Waals surface area contributed by atoms with Gasteiger partial charge >= 0.3 is 0 Å². The number of carbonyl (C=O) groups is 1. The maximum atomic E-state index is 12.9. The van der Waals surface area contributed by atoms with Gasteiger partial charge in [0, 0.05) is 5.56 Å². The van der Waals surface area contributed by atoms with Crippen LogP contribution in [0, 0.1) is 0 Å². The second-order valence-corrected chi connectivity index (χ2v) is 7.03. The van der Waals surface area contributed by atoms with E-state index in [0.29, 0.717) is 12.2 Å². The molecule has 0 aliphatic rings. The van der Waals surface area contributed by atoms with Gasteiger partial charge in [0.1, 0.15) is 12.4 Å². The summed E-state index contributed by atoms with van der Waals surface area (Å²) < 4.78 is 5.81. The minimum absolute atomic E-state index is 0.123. The van der Waals surface area contributed by atoms with Gasteiger partial charge in [0.15, 0.2) is 0 Å². The molecule has 3 heteroatoms. The standard InChI is InChI=1S/C27H23NO2/c29-27(24-16-18-25(19-17-24)30-20-21-10-4-1-5-11-21)28-26(22-12-6-2-7-13-22)23-14-8-3-9-15-23/h1-19,26H,20H2,(H,28,29). The fraction of sp³-hybridized carbons (Fsp3) is 0.0741. The van der Waals surface area contributed by atoms with E-state index < -0.39 is 0 Å². The van der Waals surface area contributed by atoms with Crippen molar-refractivity contribution < 1.29 is 9.53 Å². The number of nitrogens with one attached hydrogen (secondary N) is 1. The second kappa shape index (κ2) is 9.57. The molecule has 0 heterocycles. The minimum Gasteiger partial charge on any atom is -0.489 e. The third kappa shape index (κ3) is 4.95. The Bertz CT molecular complexity index is 1020. The van der Waals surface area contributed by atoms with Crippen LogP contribution in [0.15, 0.2) is 115 Å². The number of ether oxygens (including phenoxy) is 1. The Morgan fingerprint density at radius 1 is 0.667 bits per heavy atom. The first-order valence-electron chi connectivity index (χ1n) is 9.97. The largest absolute Gasteiger partial charge is 0.489 e. The Balaban J connectivity index is 1.46. The van der Waals surface area contributed by atoms with Gasteiger partial charge in [-0.3, -0.25) is 4.79 Å². The summed E-state index contributed by atoms with van der Waals surface area (Å²) in [4.78, 5) is 12.9. The van der Waals surface area contributed by atoms with Crippen molar-refractivity contribution in [2.45, 2.75) is 12.6 Å². The highest BCUT2D eigenvalue weighted by molar-refractivity contribution is 5.94. The van der Waals surface area contributed by atoms with E-state index in [1.54, 1.807) is 12.1 Å². The maximum absolute atomic E-state index is 12.9. The average Bonchev–Trinajstić information content (AvgIpc) is 2.83. The van der Waals surface area contributed by atoms with E-state index in [9.17, 15) is 4.79 Å². The Labute approximate surface area is 177 Å². The molecule has 0 radical (unpaired) electrons. The van der Waals surface area contributed by atoms with E-state index in [-0.39, 0.29) is 11.9 Å². The fourth-order valence-corrected chi connectivity index (χ4v) is 3.31. The van der Waals surface area contributed by atoms with Gasteiger partial charge in [-0.2, -0.15) is 0 Å². The molecule has 1 N–H and O–H groups in total. The number of benzene rings is 4. The van der Waals surface area contributed by atoms with Gasteiger partial charge in [0.05, 0.1) is 6.04 Å². The summed E-state index contributed by atoms with van der Waals surface area (Å²) in [6.45, 7) is 0.496. The summed E-state index contributed by atoms with van der Waals surface area (Å²) in [6.07, 6.45) is 0. The smallest absolute Gasteiger partial charge is 0.252 e. The molecule has 4 aromatic rings. The summed E-state index contributed by atoms with van der Waals surface area (Å²) in [7, 11) is 0. The van der Waals surface area contributed by atoms with Gasteiger partial charge in [-0.15, -0.1) is 0 Å². The van der Waals surface area contributed by atoms with Crippen LogP contribution in [0.1, 0.15) is 33.1 Å². The summed E-state index contributed by atoms with van der Waals surface area (Å²) >= 11 is 0. The van der Waals surface area contributed by atoms with Crippen LogP contribution >= 0.6 is 0 Å². The lowest BCUT2D eigenvalue weighted by Gasteiger charge is -2.20. The third-order valence-electron chi connectivity index (χ3n) is 4.91. The van der Waals surface area contributed by atoms with Crippen LogP contribution in [0.25, 0.3) is 0 Å². The summed E-state index contributed by atoms with van der Waals surface area (Å²) in [5.74, 6) is 0.611. The lowest BCUT2D eigenvalue weighted by molar-refractivity contribution is 0.0943. The molecular formula is C27H23NO2. The average molecular weight is 393 g/mol. The van der Waals surface area contributed by atoms with Crippen LogP contribution in [0.3, 0.4) is 0 Å². The normalized spacial score (nSPS) is 10.6. The summed E-state index contributed by atoms with van der Waals surface area (Å²) in [5, 5.41) is 3.16. The molecule has 148 valence electrons. The zero-order valence-electron chi connectivity index (χ0n) is 16.6. The fourth-order valence-electron chi connectivity index (χ4n) is 3.31. The highest BCUT2D eigenvalue weighted by Crippen LogP contribution is 2.23. The van der Waals surface area contributed by atoms with Crippen LogP contribution in [0.4, 0.5) is 0 Å². The molecule has 0 fully saturated rings. The van der Waals surface area contributed by atoms with Gasteiger partial charge in [-0.25, -0.2) is 0 Å². The molecule has 30 heavy (non-hydrogen) atoms. The van der Waals surface area contributed by atoms with Gasteiger partial charge in [0.2, 0.25) is 0 Å². The molecule has 3 nitrogen and oxygen atoms in total. The van der Waals surface area contributed by atoms with E-state index in [1.165, 1.54) is 0 Å². The van der Waals surface area contributed by atoms with Gasteiger partial charge in [-0.05, 0) is 41.0 Å². The number of amides is 1. The van der Waals surface area contributed by atoms with Crippen molar-refractivity contribution in [3.63, 3.8) is 0 Å². The van der Waals surface area contributed by atoms with Crippen molar-refractivity contribution in [3.05, 3.63) is 138 Å². The maximum Gasteiger partial charge on any atom is 0.252 e. The highest BCUT2D eigenvalue weighted by Gasteiger charge is 2.17. The molecule has 0 saturated carbocycles. The number of rotatable bonds is 7. The highest BCUT2D eigenvalue weighted by atomic mass is 16.5. The van der Waals surface area contributed by atoms with Crippen molar-refractivity contribution in [1.82, 2.24) is 5.32 Å². The van der Waals surface area contributed by atoms with E-state index in [2.05, 4.69) is 5.32 Å². The van der Waals surface area contributed by atoms with Gasteiger partial charge < -0.3 is 10.1 Å². The van der Waals surface area contributed by atoms with Crippen LogP contribution in [-0.4, -0.2) is 5.91 Å². The Kier molecular flexibility index (Phi) is 6.21. The molecule has 4 aromatic carbocycles. The minimum atomic E-state index is -0.214. The van der Waals surface area contributed by atoms with E-state index in [4.69, 9.17) is 4.74 Å². The molecular weight excluding hydrogens is 370 g/mol. The molecule has 0 aromatic heterocycles. The van der Waals surface area contributed by atoms with Crippen LogP contribution in [-0.2, 0) is 6.61 Å². The molecule has 0 atom stereocenters. The second-order valence-electron chi connectivity index (χ2n) is 7.03. The predicted molar refractivity (Wildman–Crippen MR) is 119 cm³/mol. The number of hydrogen-bond acceptors (Lipinski definition) is 2. The van der Waals surface area contributed by atoms with Crippen molar-refractivity contribution in [3.8, 4) is 5.75 Å². The third-order valence-corrected chi connectivity index (χ3v) is 4.91. The SMILES string of the molecule is O=C(NC(c1ccccc1)c1ccccc1)c1ccc(OCc2ccccc2)cc1. The van der Waals surface area contributed by atoms with E-state index in [1.807, 2.05) is 103 Å². The first kappa shape index (κ1) is 19.5. The molecule has 0 saturated heterocycles. The summed E-state index contributed by atoms with van der Waals surface area (Å²) in [6, 6.07) is 37.0.